The molecule has 0 N–H and O–H groups in total. The molecule has 0 spiro atoms. The van der Waals surface area contributed by atoms with Crippen molar-refractivity contribution in [1.29, 1.82) is 0 Å². The number of carbonyl (C=O) groups is 1. The molecule has 7 heteroatoms. The molecule has 0 saturated carbocycles. The Morgan fingerprint density at radius 2 is 1.95 bits per heavy atom. The van der Waals surface area contributed by atoms with E-state index in [1.165, 1.54) is 30.2 Å². The summed E-state index contributed by atoms with van der Waals surface area (Å²) in [6.45, 7) is 0.310. The molecule has 0 bridgehead atoms. The second-order valence-corrected chi connectivity index (χ2v) is 5.95. The van der Waals surface area contributed by atoms with Crippen LogP contribution < -0.4 is 0 Å². The molecule has 2 aromatic rings. The van der Waals surface area contributed by atoms with Gasteiger partial charge in [-0.15, -0.1) is 11.8 Å². The molecule has 22 heavy (non-hydrogen) atoms. The minimum absolute atomic E-state index is 0.0497. The Morgan fingerprint density at radius 3 is 2.55 bits per heavy atom. The highest BCUT2D eigenvalue weighted by atomic mass is 32.2. The topological polar surface area (TPSA) is 33.5 Å². The summed E-state index contributed by atoms with van der Waals surface area (Å²) >= 11 is 1.40. The summed E-state index contributed by atoms with van der Waals surface area (Å²) in [7, 11) is 0. The van der Waals surface area contributed by atoms with Gasteiger partial charge in [-0.1, -0.05) is 12.1 Å². The minimum atomic E-state index is -4.36. The summed E-state index contributed by atoms with van der Waals surface area (Å²) in [4.78, 5) is 13.6. The predicted molar refractivity (Wildman–Crippen MR) is 75.9 cm³/mol. The van der Waals surface area contributed by atoms with Gasteiger partial charge in [-0.2, -0.15) is 13.2 Å². The highest BCUT2D eigenvalue weighted by Gasteiger charge is 2.34. The van der Waals surface area contributed by atoms with E-state index in [9.17, 15) is 18.0 Å². The van der Waals surface area contributed by atoms with Crippen molar-refractivity contribution in [1.82, 2.24) is 4.90 Å². The van der Waals surface area contributed by atoms with Crippen LogP contribution in [0.1, 0.15) is 22.3 Å². The van der Waals surface area contributed by atoms with Gasteiger partial charge in [0.25, 0.3) is 0 Å². The van der Waals surface area contributed by atoms with Gasteiger partial charge in [0.2, 0.25) is 5.91 Å². The molecular formula is C15H12F3NO2S. The van der Waals surface area contributed by atoms with Crippen LogP contribution in [0.15, 0.2) is 47.1 Å². The number of furan rings is 1. The van der Waals surface area contributed by atoms with Gasteiger partial charge in [-0.3, -0.25) is 4.79 Å². The van der Waals surface area contributed by atoms with E-state index >= 15 is 0 Å². The van der Waals surface area contributed by atoms with Crippen molar-refractivity contribution in [3.63, 3.8) is 0 Å². The maximum Gasteiger partial charge on any atom is 0.416 e. The fourth-order valence-electron chi connectivity index (χ4n) is 2.31. The summed E-state index contributed by atoms with van der Waals surface area (Å²) in [5.41, 5.74) is -0.0152. The first-order chi connectivity index (χ1) is 10.4. The normalized spacial score (nSPS) is 19.0. The largest absolute Gasteiger partial charge is 0.467 e. The van der Waals surface area contributed by atoms with Crippen molar-refractivity contribution >= 4 is 17.7 Å². The Balaban J connectivity index is 1.81. The molecule has 1 saturated heterocycles. The summed E-state index contributed by atoms with van der Waals surface area (Å²) in [5.74, 6) is 0.908. The third-order valence-electron chi connectivity index (χ3n) is 3.40. The maximum absolute atomic E-state index is 12.6. The molecule has 116 valence electrons. The standard InChI is InChI=1S/C15H12F3NO2S/c16-15(17,18)11-5-3-10(4-6-11)14-19(13(20)9-22-14)8-12-2-1-7-21-12/h1-7,14H,8-9H2. The molecule has 1 aromatic heterocycles. The van der Waals surface area contributed by atoms with E-state index in [-0.39, 0.29) is 11.3 Å². The predicted octanol–water partition coefficient (Wildman–Crippen LogP) is 4.07. The molecular weight excluding hydrogens is 315 g/mol. The maximum atomic E-state index is 12.6. The lowest BCUT2D eigenvalue weighted by atomic mass is 10.1. The lowest BCUT2D eigenvalue weighted by molar-refractivity contribution is -0.137. The summed E-state index contributed by atoms with van der Waals surface area (Å²) in [5, 5.41) is -0.292. The molecule has 1 aliphatic heterocycles. The SMILES string of the molecule is O=C1CSC(c2ccc(C(F)(F)F)cc2)N1Cc1ccco1. The molecule has 1 unspecified atom stereocenters. The molecule has 1 atom stereocenters. The van der Waals surface area contributed by atoms with Gasteiger partial charge in [0.05, 0.1) is 24.1 Å². The average molecular weight is 327 g/mol. The van der Waals surface area contributed by atoms with E-state index in [2.05, 4.69) is 0 Å². The Bertz CT molecular complexity index is 652. The van der Waals surface area contributed by atoms with Crippen LogP contribution >= 0.6 is 11.8 Å². The van der Waals surface area contributed by atoms with Crippen molar-refractivity contribution in [2.75, 3.05) is 5.75 Å². The van der Waals surface area contributed by atoms with Gasteiger partial charge in [0, 0.05) is 0 Å². The second kappa shape index (κ2) is 5.72. The molecule has 3 rings (SSSR count). The van der Waals surface area contributed by atoms with Crippen molar-refractivity contribution < 1.29 is 22.4 Å². The van der Waals surface area contributed by atoms with Crippen LogP contribution in [0, 0.1) is 0 Å². The number of amides is 1. The highest BCUT2D eigenvalue weighted by Crippen LogP contribution is 2.40. The van der Waals surface area contributed by atoms with Gasteiger partial charge in [-0.25, -0.2) is 0 Å². The first-order valence-corrected chi connectivity index (χ1v) is 7.60. The number of thioether (sulfide) groups is 1. The van der Waals surface area contributed by atoms with Gasteiger partial charge >= 0.3 is 6.18 Å². The van der Waals surface area contributed by atoms with Crippen molar-refractivity contribution in [2.45, 2.75) is 18.1 Å². The third kappa shape index (κ3) is 2.99. The molecule has 2 heterocycles. The second-order valence-electron chi connectivity index (χ2n) is 4.88. The smallest absolute Gasteiger partial charge is 0.416 e. The van der Waals surface area contributed by atoms with Crippen molar-refractivity contribution in [2.24, 2.45) is 0 Å². The van der Waals surface area contributed by atoms with Crippen LogP contribution in [-0.2, 0) is 17.5 Å². The number of hydrogen-bond donors (Lipinski definition) is 0. The van der Waals surface area contributed by atoms with Crippen LogP contribution in [0.5, 0.6) is 0 Å². The van der Waals surface area contributed by atoms with Crippen molar-refractivity contribution in [3.05, 3.63) is 59.5 Å². The van der Waals surface area contributed by atoms with Crippen LogP contribution in [0.3, 0.4) is 0 Å². The Labute approximate surface area is 129 Å². The molecule has 3 nitrogen and oxygen atoms in total. The molecule has 0 radical (unpaired) electrons. The molecule has 1 fully saturated rings. The van der Waals surface area contributed by atoms with Gasteiger partial charge in [0.1, 0.15) is 11.1 Å². The number of rotatable bonds is 3. The summed E-state index contributed by atoms with van der Waals surface area (Å²) in [6.07, 6.45) is -2.83. The summed E-state index contributed by atoms with van der Waals surface area (Å²) < 4.78 is 43.1. The molecule has 1 aromatic carbocycles. The molecule has 1 aliphatic rings. The number of nitrogens with zero attached hydrogens (tertiary/aromatic N) is 1. The fraction of sp³-hybridized carbons (Fsp3) is 0.267. The van der Waals surface area contributed by atoms with Crippen molar-refractivity contribution in [3.8, 4) is 0 Å². The zero-order valence-corrected chi connectivity index (χ0v) is 12.2. The van der Waals surface area contributed by atoms with E-state index in [0.29, 0.717) is 23.6 Å². The Hall–Kier alpha value is -1.89. The number of hydrogen-bond acceptors (Lipinski definition) is 3. The van der Waals surface area contributed by atoms with E-state index in [0.717, 1.165) is 12.1 Å². The number of halogens is 3. The fourth-order valence-corrected chi connectivity index (χ4v) is 3.50. The Morgan fingerprint density at radius 1 is 1.23 bits per heavy atom. The highest BCUT2D eigenvalue weighted by molar-refractivity contribution is 8.00. The lowest BCUT2D eigenvalue weighted by Crippen LogP contribution is -2.27. The first-order valence-electron chi connectivity index (χ1n) is 6.56. The molecule has 1 amide bonds. The Kier molecular flexibility index (Phi) is 3.90. The quantitative estimate of drug-likeness (QED) is 0.852. The van der Waals surface area contributed by atoms with Crippen LogP contribution in [0.25, 0.3) is 0 Å². The van der Waals surface area contributed by atoms with Gasteiger partial charge in [-0.05, 0) is 29.8 Å². The van der Waals surface area contributed by atoms with E-state index in [1.807, 2.05) is 0 Å². The van der Waals surface area contributed by atoms with E-state index in [1.54, 1.807) is 17.0 Å². The van der Waals surface area contributed by atoms with Gasteiger partial charge < -0.3 is 9.32 Å². The van der Waals surface area contributed by atoms with Crippen LogP contribution in [0.4, 0.5) is 13.2 Å². The van der Waals surface area contributed by atoms with E-state index in [4.69, 9.17) is 4.42 Å². The van der Waals surface area contributed by atoms with Gasteiger partial charge in [0.15, 0.2) is 0 Å². The average Bonchev–Trinajstić information content (AvgIpc) is 3.10. The third-order valence-corrected chi connectivity index (χ3v) is 4.65. The number of alkyl halides is 3. The summed E-state index contributed by atoms with van der Waals surface area (Å²) in [6, 6.07) is 8.44. The lowest BCUT2D eigenvalue weighted by Gasteiger charge is -2.23. The monoisotopic (exact) mass is 327 g/mol. The van der Waals surface area contributed by atoms with E-state index < -0.39 is 11.7 Å². The zero-order valence-electron chi connectivity index (χ0n) is 11.3. The van der Waals surface area contributed by atoms with Crippen LogP contribution in [0.2, 0.25) is 0 Å². The van der Waals surface area contributed by atoms with Crippen LogP contribution in [-0.4, -0.2) is 16.6 Å². The first kappa shape index (κ1) is 15.0. The number of benzene rings is 1. The number of carbonyl (C=O) groups excluding carboxylic acids is 1. The molecule has 0 aliphatic carbocycles. The zero-order chi connectivity index (χ0) is 15.7. The minimum Gasteiger partial charge on any atom is -0.467 e.